The molecule has 0 spiro atoms. The summed E-state index contributed by atoms with van der Waals surface area (Å²) in [5.74, 6) is 0.410. The topological polar surface area (TPSA) is 51.7 Å². The van der Waals surface area contributed by atoms with Crippen LogP contribution in [0, 0.1) is 5.82 Å². The van der Waals surface area contributed by atoms with Crippen molar-refractivity contribution in [3.8, 4) is 5.75 Å². The van der Waals surface area contributed by atoms with Gasteiger partial charge in [-0.1, -0.05) is 30.3 Å². The Labute approximate surface area is 187 Å². The fourth-order valence-corrected chi connectivity index (χ4v) is 3.86. The maximum Gasteiger partial charge on any atom is 0.255 e. The van der Waals surface area contributed by atoms with Crippen molar-refractivity contribution in [2.45, 2.75) is 31.9 Å². The zero-order valence-electron chi connectivity index (χ0n) is 18.0. The minimum atomic E-state index is -0.219. The lowest BCUT2D eigenvalue weighted by Gasteiger charge is -2.26. The van der Waals surface area contributed by atoms with Gasteiger partial charge in [0.15, 0.2) is 0 Å². The SMILES string of the molecule is O=C(c1cccnc1)N(Cc1cccc(OCCc2ccccc2F)c1)C[C@H]1CCCO1. The van der Waals surface area contributed by atoms with Crippen molar-refractivity contribution >= 4 is 5.91 Å². The Kier molecular flexibility index (Phi) is 7.46. The fraction of sp³-hybridized carbons (Fsp3) is 0.308. The maximum atomic E-state index is 13.8. The van der Waals surface area contributed by atoms with Gasteiger partial charge in [0.05, 0.1) is 18.3 Å². The molecule has 2 heterocycles. The van der Waals surface area contributed by atoms with E-state index in [0.717, 1.165) is 25.0 Å². The minimum absolute atomic E-state index is 0.0517. The van der Waals surface area contributed by atoms with Crippen molar-refractivity contribution in [1.82, 2.24) is 9.88 Å². The van der Waals surface area contributed by atoms with E-state index in [9.17, 15) is 9.18 Å². The number of ether oxygens (including phenoxy) is 2. The molecule has 1 amide bonds. The molecule has 1 aliphatic rings. The summed E-state index contributed by atoms with van der Waals surface area (Å²) in [5, 5.41) is 0. The summed E-state index contributed by atoms with van der Waals surface area (Å²) in [4.78, 5) is 19.0. The molecule has 1 fully saturated rings. The van der Waals surface area contributed by atoms with Gasteiger partial charge >= 0.3 is 0 Å². The second-order valence-electron chi connectivity index (χ2n) is 7.90. The van der Waals surface area contributed by atoms with Crippen molar-refractivity contribution in [2.75, 3.05) is 19.8 Å². The summed E-state index contributed by atoms with van der Waals surface area (Å²) in [7, 11) is 0. The molecule has 0 aliphatic carbocycles. The van der Waals surface area contributed by atoms with E-state index in [0.29, 0.717) is 43.0 Å². The van der Waals surface area contributed by atoms with E-state index >= 15 is 0 Å². The average molecular weight is 435 g/mol. The molecule has 32 heavy (non-hydrogen) atoms. The van der Waals surface area contributed by atoms with Crippen molar-refractivity contribution in [3.05, 3.63) is 95.6 Å². The van der Waals surface area contributed by atoms with Crippen LogP contribution in [-0.2, 0) is 17.7 Å². The van der Waals surface area contributed by atoms with Crippen molar-refractivity contribution in [2.24, 2.45) is 0 Å². The average Bonchev–Trinajstić information content (AvgIpc) is 3.33. The first-order chi connectivity index (χ1) is 15.7. The first-order valence-electron chi connectivity index (χ1n) is 10.9. The van der Waals surface area contributed by atoms with E-state index in [1.807, 2.05) is 35.2 Å². The van der Waals surface area contributed by atoms with E-state index in [-0.39, 0.29) is 17.8 Å². The zero-order chi connectivity index (χ0) is 22.2. The molecule has 1 aromatic heterocycles. The normalized spacial score (nSPS) is 15.5. The predicted molar refractivity (Wildman–Crippen MR) is 120 cm³/mol. The number of carbonyl (C=O) groups is 1. The Morgan fingerprint density at radius 2 is 2.06 bits per heavy atom. The summed E-state index contributed by atoms with van der Waals surface area (Å²) < 4.78 is 25.4. The minimum Gasteiger partial charge on any atom is -0.493 e. The molecule has 3 aromatic rings. The molecule has 2 aromatic carbocycles. The van der Waals surface area contributed by atoms with Crippen molar-refractivity contribution in [3.63, 3.8) is 0 Å². The Bertz CT molecular complexity index is 1020. The highest BCUT2D eigenvalue weighted by Crippen LogP contribution is 2.20. The van der Waals surface area contributed by atoms with Gasteiger partial charge in [0.2, 0.25) is 0 Å². The van der Waals surface area contributed by atoms with Crippen LogP contribution < -0.4 is 4.74 Å². The van der Waals surface area contributed by atoms with E-state index in [4.69, 9.17) is 9.47 Å². The third-order valence-electron chi connectivity index (χ3n) is 5.51. The lowest BCUT2D eigenvalue weighted by molar-refractivity contribution is 0.0507. The van der Waals surface area contributed by atoms with E-state index in [1.54, 1.807) is 36.7 Å². The van der Waals surface area contributed by atoms with Crippen LogP contribution in [0.15, 0.2) is 73.1 Å². The van der Waals surface area contributed by atoms with Crippen LogP contribution in [-0.4, -0.2) is 41.7 Å². The second kappa shape index (κ2) is 10.9. The molecule has 5 nitrogen and oxygen atoms in total. The number of hydrogen-bond donors (Lipinski definition) is 0. The Morgan fingerprint density at radius 1 is 1.16 bits per heavy atom. The van der Waals surface area contributed by atoms with Gasteiger partial charge in [0.1, 0.15) is 11.6 Å². The molecule has 0 unspecified atom stereocenters. The molecule has 1 saturated heterocycles. The van der Waals surface area contributed by atoms with Crippen LogP contribution in [0.1, 0.15) is 34.3 Å². The Hall–Kier alpha value is -3.25. The van der Waals surface area contributed by atoms with Crippen LogP contribution in [0.5, 0.6) is 5.75 Å². The van der Waals surface area contributed by atoms with Crippen LogP contribution in [0.3, 0.4) is 0 Å². The largest absolute Gasteiger partial charge is 0.493 e. The Morgan fingerprint density at radius 3 is 2.84 bits per heavy atom. The van der Waals surface area contributed by atoms with E-state index in [1.165, 1.54) is 6.07 Å². The molecule has 6 heteroatoms. The van der Waals surface area contributed by atoms with E-state index < -0.39 is 0 Å². The van der Waals surface area contributed by atoms with Gasteiger partial charge in [-0.3, -0.25) is 9.78 Å². The number of halogens is 1. The van der Waals surface area contributed by atoms with Gasteiger partial charge in [-0.25, -0.2) is 4.39 Å². The summed E-state index contributed by atoms with van der Waals surface area (Å²) in [6, 6.07) is 18.0. The number of amides is 1. The van der Waals surface area contributed by atoms with Gasteiger partial charge in [-0.05, 0) is 54.3 Å². The van der Waals surface area contributed by atoms with Crippen molar-refractivity contribution in [1.29, 1.82) is 0 Å². The summed E-state index contributed by atoms with van der Waals surface area (Å²) in [6.07, 6.45) is 5.76. The Balaban J connectivity index is 1.42. The van der Waals surface area contributed by atoms with Gasteiger partial charge in [-0.15, -0.1) is 0 Å². The molecule has 4 rings (SSSR count). The molecule has 166 valence electrons. The summed E-state index contributed by atoms with van der Waals surface area (Å²) in [5.41, 5.74) is 2.15. The third-order valence-corrected chi connectivity index (χ3v) is 5.51. The predicted octanol–water partition coefficient (Wildman–Crippen LogP) is 4.66. The fourth-order valence-electron chi connectivity index (χ4n) is 3.86. The summed E-state index contributed by atoms with van der Waals surface area (Å²) in [6.45, 7) is 2.09. The van der Waals surface area contributed by atoms with Gasteiger partial charge in [-0.2, -0.15) is 0 Å². The summed E-state index contributed by atoms with van der Waals surface area (Å²) >= 11 is 0. The van der Waals surface area contributed by atoms with Crippen LogP contribution in [0.4, 0.5) is 4.39 Å². The molecule has 0 bridgehead atoms. The highest BCUT2D eigenvalue weighted by Gasteiger charge is 2.24. The van der Waals surface area contributed by atoms with Gasteiger partial charge < -0.3 is 14.4 Å². The molecule has 0 N–H and O–H groups in total. The van der Waals surface area contributed by atoms with E-state index in [2.05, 4.69) is 4.98 Å². The molecule has 1 aliphatic heterocycles. The van der Waals surface area contributed by atoms with Crippen LogP contribution in [0.25, 0.3) is 0 Å². The van der Waals surface area contributed by atoms with Crippen LogP contribution in [0.2, 0.25) is 0 Å². The molecule has 0 saturated carbocycles. The lowest BCUT2D eigenvalue weighted by atomic mass is 10.1. The number of benzene rings is 2. The smallest absolute Gasteiger partial charge is 0.255 e. The lowest BCUT2D eigenvalue weighted by Crippen LogP contribution is -2.37. The monoisotopic (exact) mass is 434 g/mol. The molecule has 0 radical (unpaired) electrons. The highest BCUT2D eigenvalue weighted by molar-refractivity contribution is 5.93. The molecule has 1 atom stereocenters. The second-order valence-corrected chi connectivity index (χ2v) is 7.90. The number of pyridine rings is 1. The number of aromatic nitrogens is 1. The number of nitrogens with zero attached hydrogens (tertiary/aromatic N) is 2. The van der Waals surface area contributed by atoms with Gasteiger partial charge in [0.25, 0.3) is 5.91 Å². The molecular weight excluding hydrogens is 407 g/mol. The first-order valence-corrected chi connectivity index (χ1v) is 10.9. The third kappa shape index (κ3) is 5.92. The standard InChI is InChI=1S/C26H27FN2O3/c27-25-11-2-1-7-21(25)12-15-32-23-9-3-6-20(16-23)18-29(19-24-10-5-14-31-24)26(30)22-8-4-13-28-17-22/h1-4,6-9,11,13,16-17,24H,5,10,12,14-15,18-19H2/t24-/m1/s1. The maximum absolute atomic E-state index is 13.8. The zero-order valence-corrected chi connectivity index (χ0v) is 18.0. The number of rotatable bonds is 9. The molecular formula is C26H27FN2O3. The van der Waals surface area contributed by atoms with Crippen molar-refractivity contribution < 1.29 is 18.7 Å². The first kappa shape index (κ1) is 22.0. The van der Waals surface area contributed by atoms with Gasteiger partial charge in [0, 0.05) is 38.5 Å². The number of hydrogen-bond acceptors (Lipinski definition) is 4. The van der Waals surface area contributed by atoms with Crippen LogP contribution >= 0.6 is 0 Å². The highest BCUT2D eigenvalue weighted by atomic mass is 19.1. The quantitative estimate of drug-likeness (QED) is 0.491. The number of carbonyl (C=O) groups excluding carboxylic acids is 1.